The van der Waals surface area contributed by atoms with Crippen LogP contribution in [0.5, 0.6) is 0 Å². The van der Waals surface area contributed by atoms with Gasteiger partial charge in [0, 0.05) is 17.1 Å². The second kappa shape index (κ2) is 6.53. The Hall–Kier alpha value is -3.92. The summed E-state index contributed by atoms with van der Waals surface area (Å²) in [6, 6.07) is 18.2. The first kappa shape index (κ1) is 15.6. The predicted octanol–water partition coefficient (Wildman–Crippen LogP) is 2.74. The van der Waals surface area contributed by atoms with Crippen molar-refractivity contribution in [3.8, 4) is 11.8 Å². The normalized spacial score (nSPS) is 11.8. The van der Waals surface area contributed by atoms with Gasteiger partial charge in [0.05, 0.1) is 23.5 Å². The number of nitrogens with one attached hydrogen (secondary N) is 2. The zero-order valence-corrected chi connectivity index (χ0v) is 13.6. The Balaban J connectivity index is 1.58. The van der Waals surface area contributed by atoms with Gasteiger partial charge >= 0.3 is 0 Å². The first-order valence-electron chi connectivity index (χ1n) is 8.00. The number of benzene rings is 2. The number of aromatic amines is 1. The van der Waals surface area contributed by atoms with Crippen molar-refractivity contribution in [1.29, 1.82) is 5.26 Å². The van der Waals surface area contributed by atoms with Gasteiger partial charge in [0.2, 0.25) is 0 Å². The summed E-state index contributed by atoms with van der Waals surface area (Å²) in [6.45, 7) is 0. The van der Waals surface area contributed by atoms with E-state index >= 15 is 0 Å². The molecular weight excluding hydrogens is 328 g/mol. The van der Waals surface area contributed by atoms with Crippen LogP contribution < -0.4 is 5.32 Å². The Labute approximate surface area is 148 Å². The van der Waals surface area contributed by atoms with Gasteiger partial charge < -0.3 is 5.32 Å². The van der Waals surface area contributed by atoms with Crippen LogP contribution in [0.4, 0.5) is 0 Å². The molecule has 0 spiro atoms. The molecule has 0 aliphatic carbocycles. The fourth-order valence-corrected chi connectivity index (χ4v) is 2.73. The molecule has 1 amide bonds. The average molecular weight is 342 g/mol. The van der Waals surface area contributed by atoms with E-state index in [1.807, 2.05) is 54.6 Å². The maximum absolute atomic E-state index is 12.6. The van der Waals surface area contributed by atoms with E-state index in [2.05, 4.69) is 26.7 Å². The molecule has 0 fully saturated rings. The third-order valence-electron chi connectivity index (χ3n) is 4.05. The van der Waals surface area contributed by atoms with Gasteiger partial charge in [-0.2, -0.15) is 15.5 Å². The fourth-order valence-electron chi connectivity index (χ4n) is 2.73. The molecule has 26 heavy (non-hydrogen) atoms. The highest BCUT2D eigenvalue weighted by molar-refractivity contribution is 6.04. The molecule has 7 heteroatoms. The lowest BCUT2D eigenvalue weighted by molar-refractivity contribution is 0.0941. The minimum Gasteiger partial charge on any atom is -0.331 e. The van der Waals surface area contributed by atoms with Crippen LogP contribution in [0.3, 0.4) is 0 Å². The van der Waals surface area contributed by atoms with E-state index in [9.17, 15) is 10.1 Å². The van der Waals surface area contributed by atoms with Crippen molar-refractivity contribution in [3.05, 3.63) is 78.2 Å². The Kier molecular flexibility index (Phi) is 3.92. The third-order valence-corrected chi connectivity index (χ3v) is 4.05. The Bertz CT molecular complexity index is 1110. The summed E-state index contributed by atoms with van der Waals surface area (Å²) in [5, 5.41) is 24.1. The average Bonchev–Trinajstić information content (AvgIpc) is 3.34. The molecule has 2 aromatic carbocycles. The number of nitrogens with zero attached hydrogens (tertiary/aromatic N) is 4. The number of H-pyrrole nitrogens is 1. The Morgan fingerprint density at radius 3 is 2.73 bits per heavy atom. The second-order valence-corrected chi connectivity index (χ2v) is 5.71. The molecule has 0 saturated carbocycles. The number of amides is 1. The van der Waals surface area contributed by atoms with Crippen molar-refractivity contribution in [2.75, 3.05) is 0 Å². The molecule has 7 nitrogen and oxygen atoms in total. The van der Waals surface area contributed by atoms with Crippen LogP contribution in [0.1, 0.15) is 22.1 Å². The van der Waals surface area contributed by atoms with Crippen LogP contribution >= 0.6 is 0 Å². The number of hydrogen-bond acceptors (Lipinski definition) is 4. The number of aromatic nitrogens is 4. The Morgan fingerprint density at radius 2 is 1.92 bits per heavy atom. The van der Waals surface area contributed by atoms with E-state index in [4.69, 9.17) is 0 Å². The molecule has 2 aromatic heterocycles. The molecule has 0 saturated heterocycles. The highest BCUT2D eigenvalue weighted by Crippen LogP contribution is 2.18. The smallest absolute Gasteiger partial charge is 0.273 e. The van der Waals surface area contributed by atoms with E-state index in [0.29, 0.717) is 10.9 Å². The summed E-state index contributed by atoms with van der Waals surface area (Å²) in [5.74, 6) is -0.415. The largest absolute Gasteiger partial charge is 0.331 e. The molecule has 4 rings (SSSR count). The molecule has 0 radical (unpaired) electrons. The predicted molar refractivity (Wildman–Crippen MR) is 95.5 cm³/mol. The van der Waals surface area contributed by atoms with Gasteiger partial charge in [-0.15, -0.1) is 0 Å². The van der Waals surface area contributed by atoms with Gasteiger partial charge in [0.25, 0.3) is 5.91 Å². The lowest BCUT2D eigenvalue weighted by atomic mass is 10.1. The summed E-state index contributed by atoms with van der Waals surface area (Å²) in [4.78, 5) is 12.6. The van der Waals surface area contributed by atoms with Gasteiger partial charge in [-0.3, -0.25) is 9.89 Å². The molecule has 126 valence electrons. The molecular formula is C19H14N6O. The van der Waals surface area contributed by atoms with E-state index in [1.165, 1.54) is 0 Å². The Morgan fingerprint density at radius 1 is 1.15 bits per heavy atom. The van der Waals surface area contributed by atoms with Gasteiger partial charge in [-0.1, -0.05) is 36.4 Å². The number of fused-ring (bicyclic) bond motifs is 1. The molecule has 0 aliphatic heterocycles. The first-order chi connectivity index (χ1) is 12.8. The van der Waals surface area contributed by atoms with Gasteiger partial charge in [0.15, 0.2) is 5.69 Å². The van der Waals surface area contributed by atoms with Crippen molar-refractivity contribution in [3.63, 3.8) is 0 Å². The van der Waals surface area contributed by atoms with Gasteiger partial charge in [-0.25, -0.2) is 4.68 Å². The standard InChI is InChI=1S/C19H14N6O/c20-10-17(13-11-21-25(12-13)14-6-2-1-3-7-14)22-19(26)18-15-8-4-5-9-16(15)23-24-18/h1-9,11-12,17H,(H,22,26)(H,23,24)/t17-/m1/s1. The van der Waals surface area contributed by atoms with Crippen LogP contribution in [0.25, 0.3) is 16.6 Å². The monoisotopic (exact) mass is 342 g/mol. The molecule has 4 aromatic rings. The van der Waals surface area contributed by atoms with Gasteiger partial charge in [0.1, 0.15) is 6.04 Å². The van der Waals surface area contributed by atoms with Crippen molar-refractivity contribution in [2.45, 2.75) is 6.04 Å². The number of hydrogen-bond donors (Lipinski definition) is 2. The zero-order chi connectivity index (χ0) is 17.9. The molecule has 1 atom stereocenters. The third kappa shape index (κ3) is 2.80. The molecule has 0 bridgehead atoms. The number of carbonyl (C=O) groups excluding carboxylic acids is 1. The van der Waals surface area contributed by atoms with Crippen molar-refractivity contribution in [1.82, 2.24) is 25.3 Å². The molecule has 0 unspecified atom stereocenters. The van der Waals surface area contributed by atoms with Crippen LogP contribution in [0.2, 0.25) is 0 Å². The molecule has 0 aliphatic rings. The summed E-state index contributed by atoms with van der Waals surface area (Å²) in [5.41, 5.74) is 2.50. The van der Waals surface area contributed by atoms with Crippen LogP contribution in [0, 0.1) is 11.3 Å². The SMILES string of the molecule is N#C[C@@H](NC(=O)c1n[nH]c2ccccc12)c1cnn(-c2ccccc2)c1. The summed E-state index contributed by atoms with van der Waals surface area (Å²) in [7, 11) is 0. The summed E-state index contributed by atoms with van der Waals surface area (Å²) in [6.07, 6.45) is 3.30. The van der Waals surface area contributed by atoms with E-state index in [1.54, 1.807) is 17.1 Å². The number of rotatable bonds is 4. The van der Waals surface area contributed by atoms with E-state index < -0.39 is 11.9 Å². The van der Waals surface area contributed by atoms with E-state index in [-0.39, 0.29) is 5.69 Å². The number of nitriles is 1. The highest BCUT2D eigenvalue weighted by Gasteiger charge is 2.20. The number of para-hydroxylation sites is 2. The lowest BCUT2D eigenvalue weighted by Crippen LogP contribution is -2.27. The minimum absolute atomic E-state index is 0.260. The van der Waals surface area contributed by atoms with Crippen LogP contribution in [0.15, 0.2) is 67.0 Å². The van der Waals surface area contributed by atoms with Crippen molar-refractivity contribution < 1.29 is 4.79 Å². The fraction of sp³-hybridized carbons (Fsp3) is 0.0526. The van der Waals surface area contributed by atoms with Crippen molar-refractivity contribution >= 4 is 16.8 Å². The quantitative estimate of drug-likeness (QED) is 0.595. The van der Waals surface area contributed by atoms with Crippen LogP contribution in [-0.4, -0.2) is 25.9 Å². The maximum atomic E-state index is 12.6. The minimum atomic E-state index is -0.824. The van der Waals surface area contributed by atoms with Crippen molar-refractivity contribution in [2.24, 2.45) is 0 Å². The highest BCUT2D eigenvalue weighted by atomic mass is 16.2. The number of carbonyl (C=O) groups is 1. The topological polar surface area (TPSA) is 99.4 Å². The van der Waals surface area contributed by atoms with Crippen LogP contribution in [-0.2, 0) is 0 Å². The van der Waals surface area contributed by atoms with E-state index in [0.717, 1.165) is 11.2 Å². The lowest BCUT2D eigenvalue weighted by Gasteiger charge is -2.08. The zero-order valence-electron chi connectivity index (χ0n) is 13.6. The van der Waals surface area contributed by atoms with Gasteiger partial charge in [-0.05, 0) is 18.2 Å². The first-order valence-corrected chi connectivity index (χ1v) is 8.00. The second-order valence-electron chi connectivity index (χ2n) is 5.71. The molecule has 2 N–H and O–H groups in total. The summed E-state index contributed by atoms with van der Waals surface area (Å²) >= 11 is 0. The summed E-state index contributed by atoms with van der Waals surface area (Å²) < 4.78 is 1.66. The maximum Gasteiger partial charge on any atom is 0.273 e. The molecule has 2 heterocycles.